The van der Waals surface area contributed by atoms with E-state index in [-0.39, 0.29) is 17.7 Å². The molecular weight excluding hydrogens is 326 g/mol. The van der Waals surface area contributed by atoms with Crippen LogP contribution < -0.4 is 14.8 Å². The van der Waals surface area contributed by atoms with Crippen molar-refractivity contribution in [1.82, 2.24) is 0 Å². The van der Waals surface area contributed by atoms with Crippen LogP contribution in [0.15, 0.2) is 42.5 Å². The first-order valence-corrected chi connectivity index (χ1v) is 8.12. The summed E-state index contributed by atoms with van der Waals surface area (Å²) in [5.74, 6) is 0.973. The summed E-state index contributed by atoms with van der Waals surface area (Å²) < 4.78 is 10.5. The van der Waals surface area contributed by atoms with E-state index in [0.29, 0.717) is 22.2 Å². The molecule has 2 aromatic rings. The summed E-state index contributed by atoms with van der Waals surface area (Å²) in [4.78, 5) is 12.9. The van der Waals surface area contributed by atoms with Crippen LogP contribution in [0.5, 0.6) is 11.5 Å². The van der Waals surface area contributed by atoms with Gasteiger partial charge in [0.05, 0.1) is 25.8 Å². The highest BCUT2D eigenvalue weighted by Gasteiger charge is 2.25. The second-order valence-corrected chi connectivity index (χ2v) is 6.27. The number of amides is 1. The summed E-state index contributed by atoms with van der Waals surface area (Å²) >= 11 is 5.95. The predicted octanol–water partition coefficient (Wildman–Crippen LogP) is 4.74. The van der Waals surface area contributed by atoms with Crippen LogP contribution in [0.1, 0.15) is 25.3 Å². The van der Waals surface area contributed by atoms with Gasteiger partial charge in [-0.3, -0.25) is 4.79 Å². The van der Waals surface area contributed by atoms with Crippen molar-refractivity contribution in [2.75, 3.05) is 19.5 Å². The minimum absolute atomic E-state index is 0.0983. The van der Waals surface area contributed by atoms with E-state index < -0.39 is 0 Å². The maximum atomic E-state index is 12.9. The fraction of sp³-hybridized carbons (Fsp3) is 0.316. The van der Waals surface area contributed by atoms with Crippen LogP contribution in [-0.2, 0) is 4.79 Å². The van der Waals surface area contributed by atoms with Crippen molar-refractivity contribution in [3.8, 4) is 11.5 Å². The van der Waals surface area contributed by atoms with E-state index in [4.69, 9.17) is 21.1 Å². The van der Waals surface area contributed by atoms with Crippen LogP contribution in [-0.4, -0.2) is 20.1 Å². The van der Waals surface area contributed by atoms with E-state index >= 15 is 0 Å². The Morgan fingerprint density at radius 1 is 1.04 bits per heavy atom. The van der Waals surface area contributed by atoms with Crippen LogP contribution in [0.3, 0.4) is 0 Å². The zero-order valence-electron chi connectivity index (χ0n) is 14.3. The molecule has 0 saturated carbocycles. The molecule has 0 saturated heterocycles. The molecule has 1 N–H and O–H groups in total. The topological polar surface area (TPSA) is 47.6 Å². The first kappa shape index (κ1) is 18.1. The molecular formula is C19H22ClNO3. The minimum atomic E-state index is -0.293. The molecule has 0 radical (unpaired) electrons. The third-order valence-corrected chi connectivity index (χ3v) is 4.09. The Labute approximate surface area is 147 Å². The molecule has 24 heavy (non-hydrogen) atoms. The van der Waals surface area contributed by atoms with Gasteiger partial charge in [0.2, 0.25) is 5.91 Å². The smallest absolute Gasteiger partial charge is 0.232 e. The van der Waals surface area contributed by atoms with Crippen molar-refractivity contribution < 1.29 is 14.3 Å². The van der Waals surface area contributed by atoms with Gasteiger partial charge in [0.1, 0.15) is 11.5 Å². The lowest BCUT2D eigenvalue weighted by atomic mass is 9.87. The molecule has 0 spiro atoms. The van der Waals surface area contributed by atoms with Gasteiger partial charge >= 0.3 is 0 Å². The van der Waals surface area contributed by atoms with Crippen molar-refractivity contribution in [3.63, 3.8) is 0 Å². The van der Waals surface area contributed by atoms with Crippen molar-refractivity contribution >= 4 is 23.2 Å². The zero-order chi connectivity index (χ0) is 17.7. The average Bonchev–Trinajstić information content (AvgIpc) is 2.56. The first-order chi connectivity index (χ1) is 11.5. The van der Waals surface area contributed by atoms with E-state index in [1.807, 2.05) is 26.0 Å². The Hall–Kier alpha value is -2.20. The number of nitrogens with one attached hydrogen (secondary N) is 1. The van der Waals surface area contributed by atoms with Gasteiger partial charge in [-0.1, -0.05) is 37.6 Å². The van der Waals surface area contributed by atoms with Crippen LogP contribution in [0, 0.1) is 5.92 Å². The highest BCUT2D eigenvalue weighted by Crippen LogP contribution is 2.32. The van der Waals surface area contributed by atoms with Gasteiger partial charge in [-0.05, 0) is 35.7 Å². The third kappa shape index (κ3) is 4.20. The molecule has 1 atom stereocenters. The van der Waals surface area contributed by atoms with Crippen molar-refractivity contribution in [2.24, 2.45) is 5.92 Å². The highest BCUT2D eigenvalue weighted by molar-refractivity contribution is 6.30. The van der Waals surface area contributed by atoms with Crippen LogP contribution in [0.4, 0.5) is 5.69 Å². The van der Waals surface area contributed by atoms with Crippen molar-refractivity contribution in [1.29, 1.82) is 0 Å². The van der Waals surface area contributed by atoms with Gasteiger partial charge in [0.25, 0.3) is 0 Å². The lowest BCUT2D eigenvalue weighted by Crippen LogP contribution is -2.25. The molecule has 0 aromatic heterocycles. The number of carbonyl (C=O) groups is 1. The largest absolute Gasteiger partial charge is 0.497 e. The SMILES string of the molecule is COc1ccc(OC)c(NC(=O)[C@H](c2ccc(Cl)cc2)C(C)C)c1. The molecule has 0 fully saturated rings. The average molecular weight is 348 g/mol. The summed E-state index contributed by atoms with van der Waals surface area (Å²) in [5.41, 5.74) is 1.51. The number of hydrogen-bond donors (Lipinski definition) is 1. The maximum absolute atomic E-state index is 12.9. The zero-order valence-corrected chi connectivity index (χ0v) is 15.1. The van der Waals surface area contributed by atoms with E-state index in [1.54, 1.807) is 44.6 Å². The number of carbonyl (C=O) groups excluding carboxylic acids is 1. The van der Waals surface area contributed by atoms with Crippen molar-refractivity contribution in [2.45, 2.75) is 19.8 Å². The molecule has 1 amide bonds. The molecule has 0 unspecified atom stereocenters. The maximum Gasteiger partial charge on any atom is 0.232 e. The molecule has 4 nitrogen and oxygen atoms in total. The standard InChI is InChI=1S/C19H22ClNO3/c1-12(2)18(13-5-7-14(20)8-6-13)19(22)21-16-11-15(23-3)9-10-17(16)24-4/h5-12,18H,1-4H3,(H,21,22)/t18-/m0/s1. The lowest BCUT2D eigenvalue weighted by Gasteiger charge is -2.22. The third-order valence-electron chi connectivity index (χ3n) is 3.84. The molecule has 5 heteroatoms. The Morgan fingerprint density at radius 3 is 2.25 bits per heavy atom. The molecule has 0 aliphatic rings. The molecule has 128 valence electrons. The number of ether oxygens (including phenoxy) is 2. The normalized spacial score (nSPS) is 11.9. The number of benzene rings is 2. The van der Waals surface area contributed by atoms with Gasteiger partial charge in [-0.2, -0.15) is 0 Å². The van der Waals surface area contributed by atoms with E-state index in [1.165, 1.54) is 0 Å². The van der Waals surface area contributed by atoms with Crippen LogP contribution >= 0.6 is 11.6 Å². The van der Waals surface area contributed by atoms with Gasteiger partial charge in [-0.15, -0.1) is 0 Å². The fourth-order valence-corrected chi connectivity index (χ4v) is 2.76. The Kier molecular flexibility index (Phi) is 6.10. The highest BCUT2D eigenvalue weighted by atomic mass is 35.5. The number of rotatable bonds is 6. The molecule has 2 aromatic carbocycles. The molecule has 0 bridgehead atoms. The Balaban J connectivity index is 2.30. The summed E-state index contributed by atoms with van der Waals surface area (Å²) in [7, 11) is 3.15. The van der Waals surface area contributed by atoms with Gasteiger partial charge in [0, 0.05) is 11.1 Å². The fourth-order valence-electron chi connectivity index (χ4n) is 2.63. The summed E-state index contributed by atoms with van der Waals surface area (Å²) in [6.07, 6.45) is 0. The lowest BCUT2D eigenvalue weighted by molar-refractivity contribution is -0.118. The Morgan fingerprint density at radius 2 is 1.71 bits per heavy atom. The summed E-state index contributed by atoms with van der Waals surface area (Å²) in [5, 5.41) is 3.60. The van der Waals surface area contributed by atoms with E-state index in [2.05, 4.69) is 5.32 Å². The minimum Gasteiger partial charge on any atom is -0.497 e. The Bertz CT molecular complexity index is 698. The van der Waals surface area contributed by atoms with E-state index in [0.717, 1.165) is 5.56 Å². The van der Waals surface area contributed by atoms with Crippen LogP contribution in [0.2, 0.25) is 5.02 Å². The molecule has 2 rings (SSSR count). The number of hydrogen-bond acceptors (Lipinski definition) is 3. The van der Waals surface area contributed by atoms with Gasteiger partial charge < -0.3 is 14.8 Å². The van der Waals surface area contributed by atoms with Gasteiger partial charge in [-0.25, -0.2) is 0 Å². The monoisotopic (exact) mass is 347 g/mol. The predicted molar refractivity (Wildman–Crippen MR) is 97.2 cm³/mol. The molecule has 0 heterocycles. The molecule has 0 aliphatic heterocycles. The second kappa shape index (κ2) is 8.06. The van der Waals surface area contributed by atoms with Gasteiger partial charge in [0.15, 0.2) is 0 Å². The molecule has 0 aliphatic carbocycles. The first-order valence-electron chi connectivity index (χ1n) is 7.74. The second-order valence-electron chi connectivity index (χ2n) is 5.83. The quantitative estimate of drug-likeness (QED) is 0.821. The van der Waals surface area contributed by atoms with E-state index in [9.17, 15) is 4.79 Å². The van der Waals surface area contributed by atoms with Crippen LogP contribution in [0.25, 0.3) is 0 Å². The van der Waals surface area contributed by atoms with Crippen molar-refractivity contribution in [3.05, 3.63) is 53.1 Å². The summed E-state index contributed by atoms with van der Waals surface area (Å²) in [6.45, 7) is 4.03. The number of anilines is 1. The summed E-state index contributed by atoms with van der Waals surface area (Å²) in [6, 6.07) is 12.7. The number of halogens is 1. The number of methoxy groups -OCH3 is 2.